The second-order valence-corrected chi connectivity index (χ2v) is 7.47. The molecule has 0 saturated carbocycles. The van der Waals surface area contributed by atoms with Gasteiger partial charge in [0.25, 0.3) is 0 Å². The van der Waals surface area contributed by atoms with Crippen LogP contribution in [0.2, 0.25) is 0 Å². The van der Waals surface area contributed by atoms with Gasteiger partial charge in [0.2, 0.25) is 0 Å². The van der Waals surface area contributed by atoms with Gasteiger partial charge in [-0.3, -0.25) is 4.79 Å². The van der Waals surface area contributed by atoms with Crippen molar-refractivity contribution in [1.82, 2.24) is 0 Å². The first kappa shape index (κ1) is 29.4. The minimum atomic E-state index is -0.702. The van der Waals surface area contributed by atoms with Crippen molar-refractivity contribution in [3.05, 3.63) is 97.2 Å². The van der Waals surface area contributed by atoms with Crippen LogP contribution < -0.4 is 0 Å². The number of rotatable bonds is 20. The average Bonchev–Trinajstić information content (AvgIpc) is 2.78. The summed E-state index contributed by atoms with van der Waals surface area (Å²) in [5.74, 6) is -0.702. The zero-order chi connectivity index (χ0) is 23.4. The van der Waals surface area contributed by atoms with Crippen LogP contribution in [0.4, 0.5) is 0 Å². The molecule has 0 aromatic carbocycles. The SMILES string of the molecule is CC/C=C\C/C=C\C/C=C\C/C=C\C/C=C\C/C=C\C/C=C\C/C=C\CCCCC(=O)O. The van der Waals surface area contributed by atoms with Gasteiger partial charge in [-0.2, -0.15) is 0 Å². The summed E-state index contributed by atoms with van der Waals surface area (Å²) in [6, 6.07) is 0. The second kappa shape index (κ2) is 26.4. The summed E-state index contributed by atoms with van der Waals surface area (Å²) in [6.45, 7) is 2.16. The molecule has 0 radical (unpaired) electrons. The average molecular weight is 437 g/mol. The van der Waals surface area contributed by atoms with E-state index < -0.39 is 5.97 Å². The summed E-state index contributed by atoms with van der Waals surface area (Å²) in [5.41, 5.74) is 0. The summed E-state index contributed by atoms with van der Waals surface area (Å²) in [7, 11) is 0. The van der Waals surface area contributed by atoms with E-state index in [4.69, 9.17) is 5.11 Å². The van der Waals surface area contributed by atoms with Crippen molar-refractivity contribution < 1.29 is 9.90 Å². The van der Waals surface area contributed by atoms with E-state index in [2.05, 4.69) is 104 Å². The van der Waals surface area contributed by atoms with Crippen LogP contribution in [0.25, 0.3) is 0 Å². The first-order valence-corrected chi connectivity index (χ1v) is 12.2. The number of allylic oxidation sites excluding steroid dienone is 16. The Morgan fingerprint density at radius 2 is 0.812 bits per heavy atom. The van der Waals surface area contributed by atoms with Crippen LogP contribution in [-0.2, 0) is 4.79 Å². The maximum absolute atomic E-state index is 10.4. The molecule has 0 aliphatic carbocycles. The Bertz CT molecular complexity index is 654. The topological polar surface area (TPSA) is 37.3 Å². The Morgan fingerprint density at radius 1 is 0.500 bits per heavy atom. The minimum absolute atomic E-state index is 0.277. The fourth-order valence-electron chi connectivity index (χ4n) is 2.72. The molecule has 0 bridgehead atoms. The summed E-state index contributed by atoms with van der Waals surface area (Å²) >= 11 is 0. The number of aliphatic carboxylic acids is 1. The lowest BCUT2D eigenvalue weighted by Gasteiger charge is -1.92. The van der Waals surface area contributed by atoms with Crippen LogP contribution in [0.3, 0.4) is 0 Å². The third kappa shape index (κ3) is 27.4. The molecule has 0 aromatic rings. The number of hydrogen-bond donors (Lipinski definition) is 1. The van der Waals surface area contributed by atoms with Crippen LogP contribution in [-0.4, -0.2) is 11.1 Å². The van der Waals surface area contributed by atoms with Crippen molar-refractivity contribution >= 4 is 5.97 Å². The van der Waals surface area contributed by atoms with Gasteiger partial charge in [-0.25, -0.2) is 0 Å². The van der Waals surface area contributed by atoms with Gasteiger partial charge in [-0.05, 0) is 70.6 Å². The van der Waals surface area contributed by atoms with Gasteiger partial charge in [0.05, 0.1) is 0 Å². The van der Waals surface area contributed by atoms with E-state index in [9.17, 15) is 4.79 Å². The molecule has 0 fully saturated rings. The third-order valence-electron chi connectivity index (χ3n) is 4.49. The second-order valence-electron chi connectivity index (χ2n) is 7.47. The molecule has 0 rings (SSSR count). The Kier molecular flexibility index (Phi) is 24.3. The van der Waals surface area contributed by atoms with E-state index in [-0.39, 0.29) is 6.42 Å². The Balaban J connectivity index is 3.54. The summed E-state index contributed by atoms with van der Waals surface area (Å²) < 4.78 is 0. The van der Waals surface area contributed by atoms with Crippen LogP contribution >= 0.6 is 0 Å². The lowest BCUT2D eigenvalue weighted by molar-refractivity contribution is -0.137. The van der Waals surface area contributed by atoms with Crippen molar-refractivity contribution in [2.75, 3.05) is 0 Å². The van der Waals surface area contributed by atoms with E-state index in [0.29, 0.717) is 0 Å². The quantitative estimate of drug-likeness (QED) is 0.152. The minimum Gasteiger partial charge on any atom is -0.481 e. The lowest BCUT2D eigenvalue weighted by Crippen LogP contribution is -1.92. The van der Waals surface area contributed by atoms with Gasteiger partial charge in [-0.1, -0.05) is 104 Å². The molecular weight excluding hydrogens is 392 g/mol. The molecule has 2 nitrogen and oxygen atoms in total. The fourth-order valence-corrected chi connectivity index (χ4v) is 2.72. The monoisotopic (exact) mass is 436 g/mol. The van der Waals surface area contributed by atoms with E-state index in [1.807, 2.05) is 0 Å². The van der Waals surface area contributed by atoms with Gasteiger partial charge in [-0.15, -0.1) is 0 Å². The molecule has 0 atom stereocenters. The summed E-state index contributed by atoms with van der Waals surface area (Å²) in [4.78, 5) is 10.4. The highest BCUT2D eigenvalue weighted by Crippen LogP contribution is 2.02. The van der Waals surface area contributed by atoms with Crippen molar-refractivity contribution in [3.8, 4) is 0 Å². The summed E-state index contributed by atoms with van der Waals surface area (Å²) in [5, 5.41) is 8.56. The maximum atomic E-state index is 10.4. The highest BCUT2D eigenvalue weighted by Gasteiger charge is 1.93. The molecule has 1 N–H and O–H groups in total. The van der Waals surface area contributed by atoms with Crippen molar-refractivity contribution in [3.63, 3.8) is 0 Å². The molecule has 0 unspecified atom stereocenters. The standard InChI is InChI=1S/C30H44O2/c1-2-3-4-5-6-7-8-9-10-11-12-13-14-15-16-17-18-19-20-21-22-23-24-25-26-27-28-29-30(31)32/h3-4,6-7,9-10,12-13,15-16,18-19,21-22,24-25H,2,5,8,11,14,17,20,23,26-29H2,1H3,(H,31,32)/b4-3-,7-6-,10-9-,13-12-,16-15-,19-18-,22-21-,25-24-. The van der Waals surface area contributed by atoms with Gasteiger partial charge >= 0.3 is 5.97 Å². The molecular formula is C30H44O2. The van der Waals surface area contributed by atoms with Gasteiger partial charge in [0.15, 0.2) is 0 Å². The largest absolute Gasteiger partial charge is 0.481 e. The first-order valence-electron chi connectivity index (χ1n) is 12.2. The van der Waals surface area contributed by atoms with Gasteiger partial charge < -0.3 is 5.11 Å². The normalized spacial score (nSPS) is 13.3. The molecule has 32 heavy (non-hydrogen) atoms. The third-order valence-corrected chi connectivity index (χ3v) is 4.49. The molecule has 176 valence electrons. The number of carboxylic acid groups (broad SMARTS) is 1. The summed E-state index contributed by atoms with van der Waals surface area (Å²) in [6.07, 6.45) is 46.3. The predicted molar refractivity (Wildman–Crippen MR) is 142 cm³/mol. The van der Waals surface area contributed by atoms with Crippen LogP contribution in [0, 0.1) is 0 Å². The van der Waals surface area contributed by atoms with E-state index in [1.54, 1.807) is 0 Å². The maximum Gasteiger partial charge on any atom is 0.303 e. The van der Waals surface area contributed by atoms with Gasteiger partial charge in [0, 0.05) is 6.42 Å². The Hall–Kier alpha value is -2.61. The predicted octanol–water partition coefficient (Wildman–Crippen LogP) is 9.22. The van der Waals surface area contributed by atoms with Crippen molar-refractivity contribution in [2.45, 2.75) is 84.0 Å². The number of carbonyl (C=O) groups is 1. The number of hydrogen-bond acceptors (Lipinski definition) is 1. The molecule has 0 heterocycles. The van der Waals surface area contributed by atoms with E-state index >= 15 is 0 Å². The highest BCUT2D eigenvalue weighted by molar-refractivity contribution is 5.66. The number of unbranched alkanes of at least 4 members (excludes halogenated alkanes) is 2. The highest BCUT2D eigenvalue weighted by atomic mass is 16.4. The first-order chi connectivity index (χ1) is 15.8. The van der Waals surface area contributed by atoms with Crippen LogP contribution in [0.5, 0.6) is 0 Å². The van der Waals surface area contributed by atoms with Gasteiger partial charge in [0.1, 0.15) is 0 Å². The fraction of sp³-hybridized carbons (Fsp3) is 0.433. The molecule has 0 amide bonds. The smallest absolute Gasteiger partial charge is 0.303 e. The van der Waals surface area contributed by atoms with Crippen LogP contribution in [0.1, 0.15) is 84.0 Å². The number of carboxylic acids is 1. The Morgan fingerprint density at radius 3 is 1.12 bits per heavy atom. The van der Waals surface area contributed by atoms with E-state index in [1.165, 1.54) is 0 Å². The molecule has 0 aromatic heterocycles. The molecule has 0 spiro atoms. The zero-order valence-corrected chi connectivity index (χ0v) is 20.1. The van der Waals surface area contributed by atoms with Crippen molar-refractivity contribution in [1.29, 1.82) is 0 Å². The zero-order valence-electron chi connectivity index (χ0n) is 20.1. The molecule has 0 aliphatic heterocycles. The van der Waals surface area contributed by atoms with Crippen LogP contribution in [0.15, 0.2) is 97.2 Å². The molecule has 2 heteroatoms. The Labute approximate surface area is 197 Å². The molecule has 0 aliphatic rings. The molecule has 0 saturated heterocycles. The van der Waals surface area contributed by atoms with E-state index in [0.717, 1.165) is 70.6 Å². The lowest BCUT2D eigenvalue weighted by atomic mass is 10.2. The van der Waals surface area contributed by atoms with Crippen molar-refractivity contribution in [2.24, 2.45) is 0 Å².